The zero-order valence-electron chi connectivity index (χ0n) is 11.3. The molecule has 1 heterocycles. The molecule has 0 radical (unpaired) electrons. The van der Waals surface area contributed by atoms with Crippen molar-refractivity contribution in [3.8, 4) is 0 Å². The average Bonchev–Trinajstić information content (AvgIpc) is 2.27. The van der Waals surface area contributed by atoms with E-state index >= 15 is 0 Å². The summed E-state index contributed by atoms with van der Waals surface area (Å²) in [6, 6.07) is 0. The van der Waals surface area contributed by atoms with Crippen LogP contribution in [0.3, 0.4) is 0 Å². The molecule has 0 bridgehead atoms. The van der Waals surface area contributed by atoms with Gasteiger partial charge in [0.1, 0.15) is 0 Å². The van der Waals surface area contributed by atoms with Crippen molar-refractivity contribution in [2.75, 3.05) is 33.2 Å². The van der Waals surface area contributed by atoms with Crippen molar-refractivity contribution in [1.29, 1.82) is 0 Å². The fourth-order valence-electron chi connectivity index (χ4n) is 2.62. The molecule has 2 N–H and O–H groups in total. The molecule has 1 fully saturated rings. The second kappa shape index (κ2) is 5.48. The van der Waals surface area contributed by atoms with Crippen LogP contribution in [0.4, 0.5) is 0 Å². The Morgan fingerprint density at radius 3 is 2.62 bits per heavy atom. The van der Waals surface area contributed by atoms with Crippen molar-refractivity contribution in [1.82, 2.24) is 10.2 Å². The number of nitrogens with one attached hydrogen (secondary N) is 1. The van der Waals surface area contributed by atoms with Crippen LogP contribution >= 0.6 is 0 Å². The number of rotatable bonds is 4. The third-order valence-electron chi connectivity index (χ3n) is 3.46. The summed E-state index contributed by atoms with van der Waals surface area (Å²) in [5.41, 5.74) is -0.132. The Morgan fingerprint density at radius 2 is 2.00 bits per heavy atom. The lowest BCUT2D eigenvalue weighted by Crippen LogP contribution is -2.40. The number of likely N-dealkylation sites (tertiary alicyclic amines) is 1. The molecule has 0 aromatic heterocycles. The van der Waals surface area contributed by atoms with Crippen LogP contribution in [0.15, 0.2) is 0 Å². The number of hydrogen-bond donors (Lipinski definition) is 2. The summed E-state index contributed by atoms with van der Waals surface area (Å²) in [6.07, 6.45) is 2.96. The van der Waals surface area contributed by atoms with Gasteiger partial charge in [-0.3, -0.25) is 0 Å². The Balaban J connectivity index is 2.43. The van der Waals surface area contributed by atoms with Crippen LogP contribution in [-0.4, -0.2) is 48.8 Å². The van der Waals surface area contributed by atoms with E-state index < -0.39 is 5.60 Å². The van der Waals surface area contributed by atoms with E-state index in [1.165, 1.54) is 0 Å². The maximum absolute atomic E-state index is 10.0. The Bertz CT molecular complexity index is 214. The molecule has 16 heavy (non-hydrogen) atoms. The van der Waals surface area contributed by atoms with E-state index in [0.717, 1.165) is 45.4 Å². The van der Waals surface area contributed by atoms with Gasteiger partial charge < -0.3 is 15.3 Å². The molecule has 0 aromatic carbocycles. The predicted octanol–water partition coefficient (Wildman–Crippen LogP) is 1.47. The summed E-state index contributed by atoms with van der Waals surface area (Å²) < 4.78 is 0. The molecular weight excluding hydrogens is 200 g/mol. The van der Waals surface area contributed by atoms with Gasteiger partial charge in [-0.2, -0.15) is 0 Å². The molecule has 0 spiro atoms. The summed E-state index contributed by atoms with van der Waals surface area (Å²) in [5.74, 6) is 0. The van der Waals surface area contributed by atoms with E-state index in [9.17, 15) is 5.11 Å². The highest BCUT2D eigenvalue weighted by Gasteiger charge is 2.27. The average molecular weight is 228 g/mol. The monoisotopic (exact) mass is 228 g/mol. The lowest BCUT2D eigenvalue weighted by atomic mass is 9.92. The van der Waals surface area contributed by atoms with Gasteiger partial charge in [0.05, 0.1) is 5.60 Å². The van der Waals surface area contributed by atoms with Crippen LogP contribution < -0.4 is 5.32 Å². The lowest BCUT2D eigenvalue weighted by Gasteiger charge is -2.32. The number of hydrogen-bond acceptors (Lipinski definition) is 3. The second-order valence-electron chi connectivity index (χ2n) is 6.32. The van der Waals surface area contributed by atoms with E-state index in [1.807, 2.05) is 14.0 Å². The zero-order valence-corrected chi connectivity index (χ0v) is 11.3. The van der Waals surface area contributed by atoms with Crippen molar-refractivity contribution in [3.63, 3.8) is 0 Å². The molecule has 0 amide bonds. The minimum Gasteiger partial charge on any atom is -0.390 e. The highest BCUT2D eigenvalue weighted by Crippen LogP contribution is 2.24. The quantitative estimate of drug-likeness (QED) is 0.765. The molecule has 96 valence electrons. The maximum atomic E-state index is 10.0. The summed E-state index contributed by atoms with van der Waals surface area (Å²) in [4.78, 5) is 2.50. The van der Waals surface area contributed by atoms with E-state index in [4.69, 9.17) is 0 Å². The van der Waals surface area contributed by atoms with Crippen molar-refractivity contribution in [2.45, 2.75) is 45.6 Å². The fourth-order valence-corrected chi connectivity index (χ4v) is 2.62. The first-order valence-corrected chi connectivity index (χ1v) is 6.44. The van der Waals surface area contributed by atoms with E-state index in [0.29, 0.717) is 5.41 Å². The molecule has 1 aliphatic heterocycles. The largest absolute Gasteiger partial charge is 0.390 e. The highest BCUT2D eigenvalue weighted by atomic mass is 16.3. The molecule has 1 aliphatic rings. The van der Waals surface area contributed by atoms with Gasteiger partial charge in [-0.1, -0.05) is 13.8 Å². The molecule has 1 saturated heterocycles. The Hall–Kier alpha value is -0.120. The van der Waals surface area contributed by atoms with Gasteiger partial charge in [0.25, 0.3) is 0 Å². The van der Waals surface area contributed by atoms with Crippen molar-refractivity contribution < 1.29 is 5.11 Å². The first-order chi connectivity index (χ1) is 7.35. The van der Waals surface area contributed by atoms with Gasteiger partial charge in [0, 0.05) is 19.6 Å². The van der Waals surface area contributed by atoms with Gasteiger partial charge in [-0.05, 0) is 45.2 Å². The zero-order chi connectivity index (χ0) is 12.2. The number of nitrogens with zero attached hydrogens (tertiary/aromatic N) is 1. The summed E-state index contributed by atoms with van der Waals surface area (Å²) >= 11 is 0. The Morgan fingerprint density at radius 1 is 1.31 bits per heavy atom. The fraction of sp³-hybridized carbons (Fsp3) is 1.00. The number of aliphatic hydroxyl groups is 1. The van der Waals surface area contributed by atoms with E-state index in [-0.39, 0.29) is 0 Å². The Kier molecular flexibility index (Phi) is 4.77. The molecule has 1 atom stereocenters. The summed E-state index contributed by atoms with van der Waals surface area (Å²) in [5, 5.41) is 13.3. The highest BCUT2D eigenvalue weighted by molar-refractivity contribution is 4.82. The standard InChI is InChI=1S/C13H28N2O/c1-12(2,10-14-4)11-15-8-5-6-13(3,16)7-9-15/h14,16H,5-11H2,1-4H3. The molecular formula is C13H28N2O. The summed E-state index contributed by atoms with van der Waals surface area (Å²) in [7, 11) is 2.01. The first-order valence-electron chi connectivity index (χ1n) is 6.44. The molecule has 3 nitrogen and oxygen atoms in total. The molecule has 3 heteroatoms. The molecule has 0 saturated carbocycles. The lowest BCUT2D eigenvalue weighted by molar-refractivity contribution is 0.0433. The predicted molar refractivity (Wildman–Crippen MR) is 68.6 cm³/mol. The van der Waals surface area contributed by atoms with Gasteiger partial charge in [-0.25, -0.2) is 0 Å². The molecule has 0 aromatic rings. The van der Waals surface area contributed by atoms with E-state index in [1.54, 1.807) is 0 Å². The van der Waals surface area contributed by atoms with Crippen LogP contribution in [0.5, 0.6) is 0 Å². The Labute approximate surface area is 100 Å². The third-order valence-corrected chi connectivity index (χ3v) is 3.46. The van der Waals surface area contributed by atoms with Crippen LogP contribution in [0, 0.1) is 5.41 Å². The first kappa shape index (κ1) is 13.9. The SMILES string of the molecule is CNCC(C)(C)CN1CCCC(C)(O)CC1. The molecule has 1 rings (SSSR count). The van der Waals surface area contributed by atoms with Crippen LogP contribution in [-0.2, 0) is 0 Å². The van der Waals surface area contributed by atoms with Crippen molar-refractivity contribution in [2.24, 2.45) is 5.41 Å². The van der Waals surface area contributed by atoms with Gasteiger partial charge >= 0.3 is 0 Å². The minimum absolute atomic E-state index is 0.310. The maximum Gasteiger partial charge on any atom is 0.0632 e. The van der Waals surface area contributed by atoms with Crippen molar-refractivity contribution in [3.05, 3.63) is 0 Å². The van der Waals surface area contributed by atoms with Gasteiger partial charge in [-0.15, -0.1) is 0 Å². The summed E-state index contributed by atoms with van der Waals surface area (Å²) in [6.45, 7) is 10.9. The molecule has 1 unspecified atom stereocenters. The van der Waals surface area contributed by atoms with Crippen molar-refractivity contribution >= 4 is 0 Å². The molecule has 0 aliphatic carbocycles. The van der Waals surface area contributed by atoms with Gasteiger partial charge in [0.2, 0.25) is 0 Å². The van der Waals surface area contributed by atoms with E-state index in [2.05, 4.69) is 24.1 Å². The second-order valence-corrected chi connectivity index (χ2v) is 6.32. The van der Waals surface area contributed by atoms with Crippen LogP contribution in [0.2, 0.25) is 0 Å². The normalized spacial score (nSPS) is 29.1. The van der Waals surface area contributed by atoms with Crippen LogP contribution in [0.25, 0.3) is 0 Å². The third kappa shape index (κ3) is 4.81. The smallest absolute Gasteiger partial charge is 0.0632 e. The van der Waals surface area contributed by atoms with Gasteiger partial charge in [0.15, 0.2) is 0 Å². The minimum atomic E-state index is -0.443. The van der Waals surface area contributed by atoms with Crippen LogP contribution in [0.1, 0.15) is 40.0 Å². The topological polar surface area (TPSA) is 35.5 Å².